The Hall–Kier alpha value is -1.89. The van der Waals surface area contributed by atoms with E-state index in [1.54, 1.807) is 24.5 Å². The van der Waals surface area contributed by atoms with E-state index < -0.39 is 0 Å². The van der Waals surface area contributed by atoms with E-state index in [0.717, 1.165) is 0 Å². The predicted octanol–water partition coefficient (Wildman–Crippen LogP) is 2.52. The number of hydrogen-bond donors (Lipinski definition) is 0. The fraction of sp³-hybridized carbons (Fsp3) is 0.200. The standard InChI is InChI=1S/C10H7N3O3S/c14-13(15)9-2-1-8(17-9)10-12-6-5-11-4-3-7(6)16-10/h2-5,8H,1H2. The molecule has 1 aliphatic rings. The summed E-state index contributed by atoms with van der Waals surface area (Å²) in [6.45, 7) is 0. The highest BCUT2D eigenvalue weighted by Crippen LogP contribution is 2.43. The molecular weight excluding hydrogens is 242 g/mol. The summed E-state index contributed by atoms with van der Waals surface area (Å²) in [7, 11) is 0. The first kappa shape index (κ1) is 10.3. The monoisotopic (exact) mass is 249 g/mol. The van der Waals surface area contributed by atoms with Crippen LogP contribution in [-0.2, 0) is 0 Å². The van der Waals surface area contributed by atoms with Crippen molar-refractivity contribution in [2.75, 3.05) is 0 Å². The summed E-state index contributed by atoms with van der Waals surface area (Å²) in [5.41, 5.74) is 1.34. The number of allylic oxidation sites excluding steroid dienone is 1. The zero-order chi connectivity index (χ0) is 11.8. The topological polar surface area (TPSA) is 82.1 Å². The normalized spacial score (nSPS) is 19.5. The van der Waals surface area contributed by atoms with Crippen molar-refractivity contribution >= 4 is 22.9 Å². The van der Waals surface area contributed by atoms with E-state index in [4.69, 9.17) is 4.42 Å². The van der Waals surface area contributed by atoms with Gasteiger partial charge in [0.05, 0.1) is 16.4 Å². The summed E-state index contributed by atoms with van der Waals surface area (Å²) >= 11 is 1.17. The first-order chi connectivity index (χ1) is 8.24. The summed E-state index contributed by atoms with van der Waals surface area (Å²) in [5.74, 6) is 0.520. The van der Waals surface area contributed by atoms with Gasteiger partial charge in [0.1, 0.15) is 5.52 Å². The number of thioether (sulfide) groups is 1. The minimum Gasteiger partial charge on any atom is -0.439 e. The van der Waals surface area contributed by atoms with Gasteiger partial charge in [-0.15, -0.1) is 0 Å². The van der Waals surface area contributed by atoms with Crippen LogP contribution < -0.4 is 0 Å². The summed E-state index contributed by atoms with van der Waals surface area (Å²) in [6, 6.07) is 1.73. The van der Waals surface area contributed by atoms with E-state index in [0.29, 0.717) is 23.4 Å². The van der Waals surface area contributed by atoms with Crippen molar-refractivity contribution < 1.29 is 9.34 Å². The smallest absolute Gasteiger partial charge is 0.300 e. The van der Waals surface area contributed by atoms with Crippen molar-refractivity contribution in [2.24, 2.45) is 0 Å². The van der Waals surface area contributed by atoms with Gasteiger partial charge in [-0.3, -0.25) is 15.1 Å². The average Bonchev–Trinajstić information content (AvgIpc) is 2.95. The molecule has 2 aromatic rings. The SMILES string of the molecule is O=[N+]([O-])C1=CCC(c2nc3cnccc3o2)S1. The van der Waals surface area contributed by atoms with E-state index in [1.165, 1.54) is 11.8 Å². The van der Waals surface area contributed by atoms with Crippen LogP contribution in [0.25, 0.3) is 11.1 Å². The quantitative estimate of drug-likeness (QED) is 0.600. The van der Waals surface area contributed by atoms with Gasteiger partial charge in [0.25, 0.3) is 5.03 Å². The van der Waals surface area contributed by atoms with Crippen LogP contribution in [0.2, 0.25) is 0 Å². The van der Waals surface area contributed by atoms with E-state index in [9.17, 15) is 10.1 Å². The van der Waals surface area contributed by atoms with Crippen LogP contribution in [-0.4, -0.2) is 14.9 Å². The Kier molecular flexibility index (Phi) is 2.32. The van der Waals surface area contributed by atoms with Crippen LogP contribution in [0.15, 0.2) is 34.0 Å². The summed E-state index contributed by atoms with van der Waals surface area (Å²) < 4.78 is 5.55. The van der Waals surface area contributed by atoms with Crippen LogP contribution in [0, 0.1) is 10.1 Å². The molecule has 0 spiro atoms. The van der Waals surface area contributed by atoms with Crippen LogP contribution in [0.1, 0.15) is 17.6 Å². The molecule has 17 heavy (non-hydrogen) atoms. The molecule has 1 atom stereocenters. The number of hydrogen-bond acceptors (Lipinski definition) is 6. The maximum absolute atomic E-state index is 10.6. The summed E-state index contributed by atoms with van der Waals surface area (Å²) in [5, 5.41) is 10.7. The summed E-state index contributed by atoms with van der Waals surface area (Å²) in [6.07, 6.45) is 5.41. The third kappa shape index (κ3) is 1.78. The minimum absolute atomic E-state index is 0.109. The Morgan fingerprint density at radius 1 is 1.59 bits per heavy atom. The van der Waals surface area contributed by atoms with Crippen LogP contribution >= 0.6 is 11.8 Å². The second kappa shape index (κ2) is 3.85. The van der Waals surface area contributed by atoms with Gasteiger partial charge in [-0.1, -0.05) is 0 Å². The van der Waals surface area contributed by atoms with Gasteiger partial charge in [-0.2, -0.15) is 0 Å². The van der Waals surface area contributed by atoms with E-state index in [1.807, 2.05) is 0 Å². The number of fused-ring (bicyclic) bond motifs is 1. The molecule has 1 unspecified atom stereocenters. The number of aromatic nitrogens is 2. The molecule has 0 saturated carbocycles. The van der Waals surface area contributed by atoms with Gasteiger partial charge in [-0.25, -0.2) is 4.98 Å². The second-order valence-corrected chi connectivity index (χ2v) is 4.76. The lowest BCUT2D eigenvalue weighted by atomic mass is 10.3. The fourth-order valence-corrected chi connectivity index (χ4v) is 2.62. The lowest BCUT2D eigenvalue weighted by Gasteiger charge is -2.00. The van der Waals surface area contributed by atoms with Gasteiger partial charge in [0.2, 0.25) is 5.89 Å². The third-order valence-corrected chi connectivity index (χ3v) is 3.67. The Labute approximate surface area is 99.9 Å². The lowest BCUT2D eigenvalue weighted by molar-refractivity contribution is -0.410. The number of nitro groups is 1. The van der Waals surface area contributed by atoms with Crippen molar-refractivity contribution in [1.29, 1.82) is 0 Å². The van der Waals surface area contributed by atoms with E-state index in [-0.39, 0.29) is 15.2 Å². The molecule has 6 nitrogen and oxygen atoms in total. The van der Waals surface area contributed by atoms with Crippen molar-refractivity contribution in [2.45, 2.75) is 11.7 Å². The molecule has 0 bridgehead atoms. The Morgan fingerprint density at radius 2 is 2.47 bits per heavy atom. The Bertz CT molecular complexity index is 589. The highest BCUT2D eigenvalue weighted by Gasteiger charge is 2.30. The van der Waals surface area contributed by atoms with Gasteiger partial charge < -0.3 is 4.42 Å². The molecule has 2 aromatic heterocycles. The zero-order valence-electron chi connectivity index (χ0n) is 8.57. The molecule has 1 aliphatic heterocycles. The average molecular weight is 249 g/mol. The summed E-state index contributed by atoms with van der Waals surface area (Å²) in [4.78, 5) is 18.5. The first-order valence-electron chi connectivity index (χ1n) is 4.95. The molecule has 3 rings (SSSR count). The second-order valence-electron chi connectivity index (χ2n) is 3.54. The molecular formula is C10H7N3O3S. The predicted molar refractivity (Wildman–Crippen MR) is 61.8 cm³/mol. The zero-order valence-corrected chi connectivity index (χ0v) is 9.38. The maximum Gasteiger partial charge on any atom is 0.300 e. The third-order valence-electron chi connectivity index (χ3n) is 2.43. The van der Waals surface area contributed by atoms with Crippen molar-refractivity contribution in [1.82, 2.24) is 9.97 Å². The first-order valence-corrected chi connectivity index (χ1v) is 5.83. The lowest BCUT2D eigenvalue weighted by Crippen LogP contribution is -1.92. The van der Waals surface area contributed by atoms with Gasteiger partial charge in [0.15, 0.2) is 5.58 Å². The van der Waals surface area contributed by atoms with E-state index in [2.05, 4.69) is 9.97 Å². The number of nitrogens with zero attached hydrogens (tertiary/aromatic N) is 3. The van der Waals surface area contributed by atoms with Crippen LogP contribution in [0.5, 0.6) is 0 Å². The molecule has 0 aliphatic carbocycles. The van der Waals surface area contributed by atoms with Crippen molar-refractivity contribution in [3.8, 4) is 0 Å². The van der Waals surface area contributed by atoms with Crippen molar-refractivity contribution in [3.63, 3.8) is 0 Å². The fourth-order valence-electron chi connectivity index (χ4n) is 1.65. The Morgan fingerprint density at radius 3 is 3.18 bits per heavy atom. The van der Waals surface area contributed by atoms with Crippen LogP contribution in [0.4, 0.5) is 0 Å². The molecule has 7 heteroatoms. The largest absolute Gasteiger partial charge is 0.439 e. The molecule has 0 amide bonds. The number of oxazole rings is 1. The number of rotatable bonds is 2. The van der Waals surface area contributed by atoms with Gasteiger partial charge in [-0.05, 0) is 18.2 Å². The van der Waals surface area contributed by atoms with Gasteiger partial charge in [0, 0.05) is 18.3 Å². The molecule has 86 valence electrons. The Balaban J connectivity index is 1.89. The molecule has 0 N–H and O–H groups in total. The molecule has 0 aromatic carbocycles. The molecule has 0 fully saturated rings. The number of pyridine rings is 1. The minimum atomic E-state index is -0.380. The highest BCUT2D eigenvalue weighted by molar-refractivity contribution is 8.03. The highest BCUT2D eigenvalue weighted by atomic mass is 32.2. The van der Waals surface area contributed by atoms with Crippen molar-refractivity contribution in [3.05, 3.63) is 45.6 Å². The van der Waals surface area contributed by atoms with E-state index >= 15 is 0 Å². The van der Waals surface area contributed by atoms with Crippen LogP contribution in [0.3, 0.4) is 0 Å². The molecule has 0 radical (unpaired) electrons. The van der Waals surface area contributed by atoms with Gasteiger partial charge >= 0.3 is 0 Å². The molecule has 3 heterocycles. The maximum atomic E-state index is 10.6. The molecule has 0 saturated heterocycles.